The fourth-order valence-electron chi connectivity index (χ4n) is 6.17. The predicted octanol–water partition coefficient (Wildman–Crippen LogP) is 11.8. The summed E-state index contributed by atoms with van der Waals surface area (Å²) in [6, 6.07) is 25.8. The van der Waals surface area contributed by atoms with Gasteiger partial charge >= 0.3 is 0 Å². The van der Waals surface area contributed by atoms with Crippen LogP contribution in [0.3, 0.4) is 0 Å². The van der Waals surface area contributed by atoms with Crippen LogP contribution in [0.25, 0.3) is 50.4 Å². The Morgan fingerprint density at radius 1 is 0.440 bits per heavy atom. The number of carbonyl (C=O) groups excluding carboxylic acids is 2. The molecule has 0 aromatic carbocycles. The summed E-state index contributed by atoms with van der Waals surface area (Å²) in [5.74, 6) is 1.10. The van der Waals surface area contributed by atoms with Crippen LogP contribution in [0.5, 0.6) is 0 Å². The maximum absolute atomic E-state index is 14.8. The third kappa shape index (κ3) is 6.47. The van der Waals surface area contributed by atoms with E-state index < -0.39 is 20.1 Å². The van der Waals surface area contributed by atoms with E-state index in [1.165, 1.54) is 29.3 Å². The van der Waals surface area contributed by atoms with Crippen LogP contribution >= 0.6 is 88.1 Å². The van der Waals surface area contributed by atoms with Crippen LogP contribution in [0.4, 0.5) is 0 Å². The zero-order valence-corrected chi connectivity index (χ0v) is 35.0. The first-order valence-electron chi connectivity index (χ1n) is 15.8. The van der Waals surface area contributed by atoms with Gasteiger partial charge in [-0.3, -0.25) is 19.4 Å². The molecular weight excluding hydrogens is 773 g/mol. The number of rotatable bonds is 10. The normalized spacial score (nSPS) is 16.0. The highest BCUT2D eigenvalue weighted by molar-refractivity contribution is 8.32. The van der Waals surface area contributed by atoms with E-state index in [1.807, 2.05) is 9.80 Å². The molecule has 2 aliphatic heterocycles. The molecule has 0 radical (unpaired) electrons. The molecule has 6 aromatic heterocycles. The Labute approximate surface area is 320 Å². The molecule has 0 fully saturated rings. The summed E-state index contributed by atoms with van der Waals surface area (Å²) in [5.41, 5.74) is 2.70. The summed E-state index contributed by atoms with van der Waals surface area (Å²) in [6.07, 6.45) is 13.4. The quantitative estimate of drug-likeness (QED) is 0.138. The summed E-state index contributed by atoms with van der Waals surface area (Å²) in [6.45, 7) is 0. The average Bonchev–Trinajstić information content (AvgIpc) is 3.88. The lowest BCUT2D eigenvalue weighted by atomic mass is 10.1. The number of hydrogen-bond acceptors (Lipinski definition) is 8. The van der Waals surface area contributed by atoms with Crippen LogP contribution in [-0.4, -0.2) is 70.9 Å². The van der Waals surface area contributed by atoms with Crippen LogP contribution in [0.15, 0.2) is 94.7 Å². The van der Waals surface area contributed by atoms with Gasteiger partial charge in [-0.05, 0) is 109 Å². The Morgan fingerprint density at radius 2 is 0.740 bits per heavy atom. The first kappa shape index (κ1) is 34.4. The first-order chi connectivity index (χ1) is 23.8. The largest absolute Gasteiger partial charge is 0.298 e. The van der Waals surface area contributed by atoms with Gasteiger partial charge in [-0.1, -0.05) is 12.1 Å². The number of fused-ring (bicyclic) bond motifs is 1. The molecule has 6 aromatic rings. The van der Waals surface area contributed by atoms with Crippen LogP contribution in [0, 0.1) is 0 Å². The molecule has 0 aliphatic carbocycles. The lowest BCUT2D eigenvalue weighted by Crippen LogP contribution is -2.32. The summed E-state index contributed by atoms with van der Waals surface area (Å²) in [4.78, 5) is 45.1. The lowest BCUT2D eigenvalue weighted by Gasteiger charge is -2.34. The van der Waals surface area contributed by atoms with Gasteiger partial charge in [0.05, 0.1) is 44.0 Å². The van der Waals surface area contributed by atoms with Gasteiger partial charge in [-0.15, -0.1) is 68.0 Å². The summed E-state index contributed by atoms with van der Waals surface area (Å²) < 4.78 is 0. The maximum Gasteiger partial charge on any atom is 0.262 e. The molecular formula is C38H36N2O2S8. The third-order valence-corrected chi connectivity index (χ3v) is 17.1. The van der Waals surface area contributed by atoms with Crippen molar-refractivity contribution in [3.05, 3.63) is 104 Å². The highest BCUT2D eigenvalue weighted by Crippen LogP contribution is 2.54. The number of nitrogens with zero attached hydrogens (tertiary/aromatic N) is 2. The van der Waals surface area contributed by atoms with Gasteiger partial charge in [0, 0.05) is 39.0 Å². The molecule has 8 rings (SSSR count). The minimum absolute atomic E-state index is 0.0516. The summed E-state index contributed by atoms with van der Waals surface area (Å²) >= 11 is 10.4. The van der Waals surface area contributed by atoms with Crippen molar-refractivity contribution in [2.45, 2.75) is 0 Å². The van der Waals surface area contributed by atoms with E-state index in [-0.39, 0.29) is 11.8 Å². The zero-order chi connectivity index (χ0) is 34.9. The van der Waals surface area contributed by atoms with Crippen LogP contribution < -0.4 is 0 Å². The highest BCUT2D eigenvalue weighted by Gasteiger charge is 2.50. The molecule has 0 unspecified atom stereocenters. The van der Waals surface area contributed by atoms with Crippen molar-refractivity contribution in [2.75, 3.05) is 49.3 Å². The van der Waals surface area contributed by atoms with E-state index in [2.05, 4.69) is 121 Å². The standard InChI is InChI=1S/C38H36N2O2S8/c1-49(2,3)21-39-35(31-17-15-29(47-31)27-13-11-25(45-27)23-9-7-19-43-23)33-34(37(39)41)36(40(38(33)42)22-50(4,5)6)32-18-16-30(48-32)28-14-12-26(46-28)24-10-8-20-44-24/h7-20H,21-22H2,1-6H3. The second-order valence-electron chi connectivity index (χ2n) is 14.0. The summed E-state index contributed by atoms with van der Waals surface area (Å²) in [5, 5.41) is 4.22. The van der Waals surface area contributed by atoms with Gasteiger partial charge in [-0.2, -0.15) is 0 Å². The van der Waals surface area contributed by atoms with Crippen molar-refractivity contribution in [1.82, 2.24) is 9.80 Å². The van der Waals surface area contributed by atoms with Crippen molar-refractivity contribution < 1.29 is 9.59 Å². The molecule has 0 spiro atoms. The van der Waals surface area contributed by atoms with E-state index in [4.69, 9.17) is 0 Å². The molecule has 258 valence electrons. The van der Waals surface area contributed by atoms with Gasteiger partial charge in [0.2, 0.25) is 0 Å². The van der Waals surface area contributed by atoms with Crippen molar-refractivity contribution in [2.24, 2.45) is 0 Å². The van der Waals surface area contributed by atoms with Gasteiger partial charge < -0.3 is 0 Å². The van der Waals surface area contributed by atoms with Gasteiger partial charge in [0.15, 0.2) is 0 Å². The smallest absolute Gasteiger partial charge is 0.262 e. The minimum atomic E-state index is -1.13. The van der Waals surface area contributed by atoms with Crippen molar-refractivity contribution in [3.8, 4) is 39.0 Å². The Kier molecular flexibility index (Phi) is 8.99. The molecule has 0 atom stereocenters. The Bertz CT molecular complexity index is 2130. The average molecular weight is 809 g/mol. The van der Waals surface area contributed by atoms with Gasteiger partial charge in [0.25, 0.3) is 11.8 Å². The number of hydrogen-bond donors (Lipinski definition) is 0. The van der Waals surface area contributed by atoms with Crippen molar-refractivity contribution in [3.63, 3.8) is 0 Å². The SMILES string of the molecule is CS(C)(C)CN1C(=O)C2=C(c3ccc(-c4ccc(-c5cccs5)s4)s3)N(CS(C)(C)C)C(=O)C2=C1c1ccc(-c2ccc(-c3cccs3)s2)s1. The number of carbonyl (C=O) groups is 2. The van der Waals surface area contributed by atoms with Gasteiger partial charge in [-0.25, -0.2) is 20.1 Å². The molecule has 0 saturated heterocycles. The molecule has 8 heterocycles. The molecule has 2 amide bonds. The number of thiophene rings is 6. The fraction of sp³-hybridized carbons (Fsp3) is 0.211. The Hall–Kier alpha value is -2.68. The fourth-order valence-corrected chi connectivity index (χ4v) is 14.2. The van der Waals surface area contributed by atoms with E-state index in [0.29, 0.717) is 22.9 Å². The highest BCUT2D eigenvalue weighted by atomic mass is 32.3. The molecule has 0 N–H and O–H groups in total. The lowest BCUT2D eigenvalue weighted by molar-refractivity contribution is -0.123. The molecule has 0 saturated carbocycles. The monoisotopic (exact) mass is 808 g/mol. The molecule has 4 nitrogen and oxygen atoms in total. The Balaban J connectivity index is 1.25. The van der Waals surface area contributed by atoms with Crippen molar-refractivity contribution in [1.29, 1.82) is 0 Å². The zero-order valence-electron chi connectivity index (χ0n) is 28.5. The molecule has 0 bridgehead atoms. The number of amides is 2. The summed E-state index contributed by atoms with van der Waals surface area (Å²) in [7, 11) is -2.26. The Morgan fingerprint density at radius 3 is 1.04 bits per heavy atom. The van der Waals surface area contributed by atoms with E-state index in [0.717, 1.165) is 30.9 Å². The minimum Gasteiger partial charge on any atom is -0.298 e. The predicted molar refractivity (Wildman–Crippen MR) is 230 cm³/mol. The van der Waals surface area contributed by atoms with Crippen LogP contribution in [0.2, 0.25) is 0 Å². The van der Waals surface area contributed by atoms with E-state index in [1.54, 1.807) is 68.0 Å². The molecule has 2 aliphatic rings. The first-order valence-corrected chi connectivity index (χ1v) is 26.9. The van der Waals surface area contributed by atoms with Crippen LogP contribution in [0.1, 0.15) is 9.75 Å². The topological polar surface area (TPSA) is 40.6 Å². The second kappa shape index (κ2) is 13.1. The third-order valence-electron chi connectivity index (χ3n) is 8.12. The van der Waals surface area contributed by atoms with E-state index in [9.17, 15) is 9.59 Å². The van der Waals surface area contributed by atoms with Crippen molar-refractivity contribution >= 4 is 111 Å². The second-order valence-corrected chi connectivity index (χ2v) is 29.1. The van der Waals surface area contributed by atoms with E-state index >= 15 is 0 Å². The molecule has 50 heavy (non-hydrogen) atoms. The molecule has 12 heteroatoms. The van der Waals surface area contributed by atoms with Gasteiger partial charge in [0.1, 0.15) is 0 Å². The van der Waals surface area contributed by atoms with Crippen LogP contribution in [-0.2, 0) is 9.59 Å². The maximum atomic E-state index is 14.8.